The van der Waals surface area contributed by atoms with E-state index in [9.17, 15) is 4.79 Å². The van der Waals surface area contributed by atoms with Gasteiger partial charge >= 0.3 is 5.97 Å². The smallest absolute Gasteiger partial charge is 0.303 e. The van der Waals surface area contributed by atoms with Crippen LogP contribution in [0.15, 0.2) is 6.07 Å². The Morgan fingerprint density at radius 3 is 2.67 bits per heavy atom. The molecule has 5 heteroatoms. The van der Waals surface area contributed by atoms with Gasteiger partial charge in [0, 0.05) is 23.9 Å². The fourth-order valence-corrected chi connectivity index (χ4v) is 4.25. The lowest BCUT2D eigenvalue weighted by molar-refractivity contribution is -0.136. The number of rotatable bonds is 5. The van der Waals surface area contributed by atoms with Gasteiger partial charge in [-0.25, -0.2) is 9.97 Å². The van der Waals surface area contributed by atoms with Crippen molar-refractivity contribution < 1.29 is 9.90 Å². The summed E-state index contributed by atoms with van der Waals surface area (Å²) in [6.07, 6.45) is 10.9. The molecular formula is C19H29N3O2. The van der Waals surface area contributed by atoms with Crippen molar-refractivity contribution in [3.63, 3.8) is 0 Å². The van der Waals surface area contributed by atoms with Gasteiger partial charge in [-0.1, -0.05) is 25.7 Å². The van der Waals surface area contributed by atoms with Crippen molar-refractivity contribution >= 4 is 5.97 Å². The van der Waals surface area contributed by atoms with Gasteiger partial charge in [0.25, 0.3) is 0 Å². The Labute approximate surface area is 144 Å². The summed E-state index contributed by atoms with van der Waals surface area (Å²) < 4.78 is 0. The summed E-state index contributed by atoms with van der Waals surface area (Å²) in [7, 11) is 0. The molecule has 1 saturated carbocycles. The average Bonchev–Trinajstić information content (AvgIpc) is 2.60. The van der Waals surface area contributed by atoms with Gasteiger partial charge < -0.3 is 5.11 Å². The van der Waals surface area contributed by atoms with Crippen LogP contribution in [0, 0.1) is 6.92 Å². The molecule has 0 spiro atoms. The molecule has 1 N–H and O–H groups in total. The van der Waals surface area contributed by atoms with Crippen molar-refractivity contribution in [3.05, 3.63) is 23.3 Å². The van der Waals surface area contributed by atoms with Gasteiger partial charge in [0.1, 0.15) is 5.82 Å². The molecule has 0 bridgehead atoms. The number of nitrogens with zero attached hydrogens (tertiary/aromatic N) is 3. The van der Waals surface area contributed by atoms with Crippen molar-refractivity contribution in [2.24, 2.45) is 0 Å². The van der Waals surface area contributed by atoms with Gasteiger partial charge in [0.05, 0.1) is 12.5 Å². The van der Waals surface area contributed by atoms with Crippen LogP contribution in [0.2, 0.25) is 0 Å². The maximum absolute atomic E-state index is 10.9. The van der Waals surface area contributed by atoms with E-state index in [1.54, 1.807) is 0 Å². The highest BCUT2D eigenvalue weighted by molar-refractivity contribution is 5.66. The molecule has 2 aliphatic rings. The quantitative estimate of drug-likeness (QED) is 0.892. The van der Waals surface area contributed by atoms with Gasteiger partial charge in [-0.05, 0) is 45.2 Å². The van der Waals surface area contributed by atoms with Crippen LogP contribution in [0.1, 0.15) is 81.0 Å². The van der Waals surface area contributed by atoms with Gasteiger partial charge in [0.15, 0.2) is 0 Å². The molecule has 0 radical (unpaired) electrons. The second-order valence-corrected chi connectivity index (χ2v) is 7.29. The van der Waals surface area contributed by atoms with Crippen molar-refractivity contribution in [2.75, 3.05) is 6.54 Å². The number of piperidine rings is 1. The fraction of sp³-hybridized carbons (Fsp3) is 0.737. The maximum Gasteiger partial charge on any atom is 0.303 e. The topological polar surface area (TPSA) is 66.3 Å². The summed E-state index contributed by atoms with van der Waals surface area (Å²) in [5.41, 5.74) is 1.82. The molecule has 132 valence electrons. The van der Waals surface area contributed by atoms with E-state index in [0.717, 1.165) is 30.2 Å². The summed E-state index contributed by atoms with van der Waals surface area (Å²) in [5.74, 6) is 0.148. The zero-order valence-corrected chi connectivity index (χ0v) is 14.7. The molecule has 1 aliphatic carbocycles. The van der Waals surface area contributed by atoms with Crippen molar-refractivity contribution in [1.29, 1.82) is 0 Å². The van der Waals surface area contributed by atoms with Gasteiger partial charge in [-0.3, -0.25) is 9.69 Å². The standard InChI is InChI=1S/C19H29N3O2/c1-14-13-15(10-11-18(23)24)21-19(20-14)17-9-5-6-12-22(17)16-7-3-2-4-8-16/h13,16-17H,2-12H2,1H3,(H,23,24)/t17-/m0/s1. The van der Waals surface area contributed by atoms with Gasteiger partial charge in [0.2, 0.25) is 0 Å². The molecule has 2 fully saturated rings. The highest BCUT2D eigenvalue weighted by Crippen LogP contribution is 2.35. The van der Waals surface area contributed by atoms with Gasteiger partial charge in [-0.2, -0.15) is 0 Å². The Hall–Kier alpha value is -1.49. The zero-order chi connectivity index (χ0) is 16.9. The van der Waals surface area contributed by atoms with Crippen LogP contribution in [-0.4, -0.2) is 38.5 Å². The first-order valence-electron chi connectivity index (χ1n) is 9.45. The number of carboxylic acids is 1. The molecular weight excluding hydrogens is 302 g/mol. The third-order valence-electron chi connectivity index (χ3n) is 5.41. The number of hydrogen-bond donors (Lipinski definition) is 1. The number of aromatic nitrogens is 2. The molecule has 2 heterocycles. The highest BCUT2D eigenvalue weighted by Gasteiger charge is 2.32. The van der Waals surface area contributed by atoms with E-state index in [4.69, 9.17) is 15.1 Å². The number of aryl methyl sites for hydroxylation is 2. The Morgan fingerprint density at radius 2 is 1.92 bits per heavy atom. The second kappa shape index (κ2) is 8.06. The van der Waals surface area contributed by atoms with Crippen LogP contribution in [-0.2, 0) is 11.2 Å². The first kappa shape index (κ1) is 17.3. The summed E-state index contributed by atoms with van der Waals surface area (Å²) in [5, 5.41) is 8.92. The van der Waals surface area contributed by atoms with E-state index in [1.165, 1.54) is 44.9 Å². The monoisotopic (exact) mass is 331 g/mol. The first-order valence-corrected chi connectivity index (χ1v) is 9.45. The van der Waals surface area contributed by atoms with Crippen LogP contribution in [0.3, 0.4) is 0 Å². The Balaban J connectivity index is 1.80. The third kappa shape index (κ3) is 4.32. The van der Waals surface area contributed by atoms with Crippen LogP contribution in [0.5, 0.6) is 0 Å². The number of aliphatic carboxylic acids is 1. The van der Waals surface area contributed by atoms with E-state index in [2.05, 4.69) is 4.90 Å². The van der Waals surface area contributed by atoms with Crippen LogP contribution >= 0.6 is 0 Å². The zero-order valence-electron chi connectivity index (χ0n) is 14.7. The molecule has 1 aliphatic heterocycles. The maximum atomic E-state index is 10.9. The minimum atomic E-state index is -0.769. The largest absolute Gasteiger partial charge is 0.481 e. The van der Waals surface area contributed by atoms with E-state index in [1.807, 2.05) is 13.0 Å². The van der Waals surface area contributed by atoms with Crippen molar-refractivity contribution in [2.45, 2.75) is 83.2 Å². The molecule has 1 saturated heterocycles. The number of hydrogen-bond acceptors (Lipinski definition) is 4. The SMILES string of the molecule is Cc1cc(CCC(=O)O)nc([C@@H]2CCCCN2C2CCCCC2)n1. The van der Waals surface area contributed by atoms with Crippen LogP contribution in [0.4, 0.5) is 0 Å². The van der Waals surface area contributed by atoms with E-state index in [-0.39, 0.29) is 6.42 Å². The summed E-state index contributed by atoms with van der Waals surface area (Å²) in [6, 6.07) is 2.92. The van der Waals surface area contributed by atoms with E-state index < -0.39 is 5.97 Å². The molecule has 0 amide bonds. The number of carbonyl (C=O) groups is 1. The molecule has 0 unspecified atom stereocenters. The predicted molar refractivity (Wildman–Crippen MR) is 92.9 cm³/mol. The Morgan fingerprint density at radius 1 is 1.17 bits per heavy atom. The number of carboxylic acid groups (broad SMARTS) is 1. The summed E-state index contributed by atoms with van der Waals surface area (Å²) in [6.45, 7) is 3.14. The lowest BCUT2D eigenvalue weighted by atomic mass is 9.90. The van der Waals surface area contributed by atoms with Crippen LogP contribution < -0.4 is 0 Å². The average molecular weight is 331 g/mol. The summed E-state index contributed by atoms with van der Waals surface area (Å²) >= 11 is 0. The second-order valence-electron chi connectivity index (χ2n) is 7.29. The molecule has 24 heavy (non-hydrogen) atoms. The van der Waals surface area contributed by atoms with E-state index >= 15 is 0 Å². The lowest BCUT2D eigenvalue weighted by Crippen LogP contribution is -2.43. The Kier molecular flexibility index (Phi) is 5.82. The Bertz CT molecular complexity index is 570. The molecule has 0 aromatic carbocycles. The molecule has 3 rings (SSSR count). The fourth-order valence-electron chi connectivity index (χ4n) is 4.25. The molecule has 1 aromatic heterocycles. The predicted octanol–water partition coefficient (Wildman–Crippen LogP) is 3.66. The van der Waals surface area contributed by atoms with Crippen molar-refractivity contribution in [3.8, 4) is 0 Å². The normalized spacial score (nSPS) is 23.3. The third-order valence-corrected chi connectivity index (χ3v) is 5.41. The molecule has 1 atom stereocenters. The summed E-state index contributed by atoms with van der Waals surface area (Å²) in [4.78, 5) is 23.0. The van der Waals surface area contributed by atoms with Crippen LogP contribution in [0.25, 0.3) is 0 Å². The lowest BCUT2D eigenvalue weighted by Gasteiger charge is -2.42. The molecule has 5 nitrogen and oxygen atoms in total. The highest BCUT2D eigenvalue weighted by atomic mass is 16.4. The first-order chi connectivity index (χ1) is 11.6. The minimum absolute atomic E-state index is 0.132. The number of likely N-dealkylation sites (tertiary alicyclic amines) is 1. The van der Waals surface area contributed by atoms with Crippen molar-refractivity contribution in [1.82, 2.24) is 14.9 Å². The van der Waals surface area contributed by atoms with Gasteiger partial charge in [-0.15, -0.1) is 0 Å². The molecule has 1 aromatic rings. The minimum Gasteiger partial charge on any atom is -0.481 e. The van der Waals surface area contributed by atoms with E-state index in [0.29, 0.717) is 18.5 Å².